The van der Waals surface area contributed by atoms with E-state index in [1.807, 2.05) is 36.4 Å². The highest BCUT2D eigenvalue weighted by Crippen LogP contribution is 2.41. The van der Waals surface area contributed by atoms with Crippen molar-refractivity contribution in [2.75, 3.05) is 5.73 Å². The van der Waals surface area contributed by atoms with Gasteiger partial charge in [-0.3, -0.25) is 0 Å². The van der Waals surface area contributed by atoms with Crippen LogP contribution in [0.3, 0.4) is 0 Å². The lowest BCUT2D eigenvalue weighted by molar-refractivity contribution is 0.473. The number of para-hydroxylation sites is 1. The van der Waals surface area contributed by atoms with E-state index in [0.717, 1.165) is 27.0 Å². The monoisotopic (exact) mass is 476 g/mol. The molecule has 0 aliphatic carbocycles. The molecule has 5 rings (SSSR count). The van der Waals surface area contributed by atoms with E-state index in [1.165, 1.54) is 12.1 Å². The van der Waals surface area contributed by atoms with Gasteiger partial charge in [0.25, 0.3) is 0 Å². The number of aromatic hydroxyl groups is 1. The number of hydrogen-bond acceptors (Lipinski definition) is 4. The van der Waals surface area contributed by atoms with Gasteiger partial charge in [-0.2, -0.15) is 5.10 Å². The van der Waals surface area contributed by atoms with E-state index in [4.69, 9.17) is 10.8 Å². The van der Waals surface area contributed by atoms with Gasteiger partial charge < -0.3 is 10.8 Å². The predicted molar refractivity (Wildman–Crippen MR) is 123 cm³/mol. The smallest absolute Gasteiger partial charge is 0.222 e. The van der Waals surface area contributed by atoms with Gasteiger partial charge in [-0.15, -0.1) is 0 Å². The number of benzene rings is 3. The summed E-state index contributed by atoms with van der Waals surface area (Å²) in [6.45, 7) is 0. The Morgan fingerprint density at radius 1 is 1.00 bits per heavy atom. The normalized spacial score (nSPS) is 15.4. The van der Waals surface area contributed by atoms with Crippen LogP contribution in [0, 0.1) is 5.82 Å². The van der Waals surface area contributed by atoms with Crippen LogP contribution in [0.1, 0.15) is 29.2 Å². The van der Waals surface area contributed by atoms with Crippen molar-refractivity contribution in [2.24, 2.45) is 5.10 Å². The van der Waals surface area contributed by atoms with Crippen LogP contribution in [-0.4, -0.2) is 20.5 Å². The average Bonchev–Trinajstić information content (AvgIpc) is 3.11. The fourth-order valence-corrected chi connectivity index (χ4v) is 4.25. The summed E-state index contributed by atoms with van der Waals surface area (Å²) in [5.74, 6) is -0.0616. The fourth-order valence-electron chi connectivity index (χ4n) is 3.98. The minimum atomic E-state index is -0.296. The molecule has 4 aromatic rings. The molecule has 0 fully saturated rings. The number of nitrogens with zero attached hydrogens (tertiary/aromatic N) is 3. The highest BCUT2D eigenvalue weighted by atomic mass is 79.9. The van der Waals surface area contributed by atoms with Gasteiger partial charge in [0, 0.05) is 27.9 Å². The van der Waals surface area contributed by atoms with Crippen molar-refractivity contribution < 1.29 is 9.50 Å². The van der Waals surface area contributed by atoms with E-state index in [-0.39, 0.29) is 23.4 Å². The van der Waals surface area contributed by atoms with Crippen molar-refractivity contribution in [3.05, 3.63) is 99.9 Å². The van der Waals surface area contributed by atoms with Crippen molar-refractivity contribution in [1.82, 2.24) is 9.66 Å². The maximum absolute atomic E-state index is 13.6. The number of hydrogen-bond donors (Lipinski definition) is 2. The van der Waals surface area contributed by atoms with Crippen LogP contribution in [0.4, 0.5) is 10.3 Å². The molecule has 31 heavy (non-hydrogen) atoms. The first-order valence-corrected chi connectivity index (χ1v) is 10.6. The Balaban J connectivity index is 1.73. The number of nitrogens with two attached hydrogens (primary N) is 1. The Hall–Kier alpha value is -3.45. The zero-order chi connectivity index (χ0) is 21.5. The molecule has 0 spiro atoms. The van der Waals surface area contributed by atoms with Crippen molar-refractivity contribution in [2.45, 2.75) is 12.3 Å². The largest absolute Gasteiger partial charge is 0.507 e. The van der Waals surface area contributed by atoms with Crippen LogP contribution < -0.4 is 5.73 Å². The number of phenols is 1. The van der Waals surface area contributed by atoms with Gasteiger partial charge in [-0.25, -0.2) is 14.1 Å². The van der Waals surface area contributed by atoms with Gasteiger partial charge in [-0.05, 0) is 42.0 Å². The van der Waals surface area contributed by atoms with E-state index in [0.29, 0.717) is 17.7 Å². The average molecular weight is 477 g/mol. The number of nitrogen functional groups attached to an aromatic ring is 1. The van der Waals surface area contributed by atoms with Gasteiger partial charge in [0.2, 0.25) is 5.95 Å². The highest BCUT2D eigenvalue weighted by molar-refractivity contribution is 9.10. The molecule has 1 aromatic heterocycles. The van der Waals surface area contributed by atoms with Crippen LogP contribution in [0.15, 0.2) is 82.4 Å². The number of fused-ring (bicyclic) bond motifs is 1. The summed E-state index contributed by atoms with van der Waals surface area (Å²) in [5.41, 5.74) is 11.0. The molecule has 3 N–H and O–H groups in total. The number of halogens is 2. The molecule has 0 saturated carbocycles. The second-order valence-corrected chi connectivity index (χ2v) is 8.31. The lowest BCUT2D eigenvalue weighted by Gasteiger charge is -2.25. The van der Waals surface area contributed by atoms with E-state index < -0.39 is 0 Å². The van der Waals surface area contributed by atoms with Crippen molar-refractivity contribution in [3.8, 4) is 17.0 Å². The standard InChI is InChI=1S/C24H18BrFN4O/c25-16-9-5-15(6-10-16)22-23-19(14-7-11-17(26)12-8-14)13-20(29-30(23)24(27)28-22)18-3-1-2-4-21(18)31/h1-12,19,31H,13H2,(H2,27,28)/t19-/m0/s1. The highest BCUT2D eigenvalue weighted by Gasteiger charge is 2.32. The number of aromatic nitrogens is 2. The van der Waals surface area contributed by atoms with Crippen LogP contribution in [0.5, 0.6) is 5.75 Å². The van der Waals surface area contributed by atoms with Crippen molar-refractivity contribution in [3.63, 3.8) is 0 Å². The third kappa shape index (κ3) is 3.51. The van der Waals surface area contributed by atoms with Gasteiger partial charge in [0.1, 0.15) is 11.6 Å². The molecule has 1 atom stereocenters. The molecule has 154 valence electrons. The third-order valence-electron chi connectivity index (χ3n) is 5.47. The molecule has 1 aliphatic rings. The molecule has 5 nitrogen and oxygen atoms in total. The van der Waals surface area contributed by atoms with Crippen molar-refractivity contribution >= 4 is 27.6 Å². The minimum absolute atomic E-state index is 0.148. The Kier molecular flexibility index (Phi) is 4.82. The zero-order valence-electron chi connectivity index (χ0n) is 16.3. The molecule has 0 radical (unpaired) electrons. The van der Waals surface area contributed by atoms with E-state index in [2.05, 4.69) is 20.9 Å². The Morgan fingerprint density at radius 2 is 1.71 bits per heavy atom. The molecule has 3 aromatic carbocycles. The molecule has 0 unspecified atom stereocenters. The lowest BCUT2D eigenvalue weighted by atomic mass is 9.85. The Labute approximate surface area is 186 Å². The zero-order valence-corrected chi connectivity index (χ0v) is 17.9. The molecule has 2 heterocycles. The first kappa shape index (κ1) is 19.5. The van der Waals surface area contributed by atoms with Gasteiger partial charge in [-0.1, -0.05) is 52.3 Å². The number of imidazole rings is 1. The lowest BCUT2D eigenvalue weighted by Crippen LogP contribution is -2.21. The third-order valence-corrected chi connectivity index (χ3v) is 6.00. The topological polar surface area (TPSA) is 76.4 Å². The Morgan fingerprint density at radius 3 is 2.42 bits per heavy atom. The van der Waals surface area contributed by atoms with Crippen LogP contribution >= 0.6 is 15.9 Å². The first-order chi connectivity index (χ1) is 15.0. The molecule has 0 bridgehead atoms. The van der Waals surface area contributed by atoms with Gasteiger partial charge >= 0.3 is 0 Å². The predicted octanol–water partition coefficient (Wildman–Crippen LogP) is 5.53. The van der Waals surface area contributed by atoms with E-state index in [9.17, 15) is 9.50 Å². The molecule has 7 heteroatoms. The summed E-state index contributed by atoms with van der Waals surface area (Å²) >= 11 is 3.46. The number of phenolic OH excluding ortho intramolecular Hbond substituents is 1. The summed E-state index contributed by atoms with van der Waals surface area (Å²) in [7, 11) is 0. The maximum atomic E-state index is 13.6. The molecule has 1 aliphatic heterocycles. The summed E-state index contributed by atoms with van der Waals surface area (Å²) in [5, 5.41) is 15.1. The van der Waals surface area contributed by atoms with Crippen LogP contribution in [-0.2, 0) is 0 Å². The summed E-state index contributed by atoms with van der Waals surface area (Å²) in [4.78, 5) is 4.62. The second-order valence-electron chi connectivity index (χ2n) is 7.39. The number of rotatable bonds is 3. The summed E-state index contributed by atoms with van der Waals surface area (Å²) in [6.07, 6.45) is 0.512. The summed E-state index contributed by atoms with van der Waals surface area (Å²) < 4.78 is 16.2. The van der Waals surface area contributed by atoms with Crippen LogP contribution in [0.25, 0.3) is 11.3 Å². The fraction of sp³-hybridized carbons (Fsp3) is 0.0833. The van der Waals surface area contributed by atoms with Gasteiger partial charge in [0.05, 0.1) is 17.1 Å². The molecular weight excluding hydrogens is 459 g/mol. The van der Waals surface area contributed by atoms with E-state index in [1.54, 1.807) is 28.9 Å². The molecule has 0 saturated heterocycles. The van der Waals surface area contributed by atoms with Gasteiger partial charge in [0.15, 0.2) is 0 Å². The van der Waals surface area contributed by atoms with E-state index >= 15 is 0 Å². The quantitative estimate of drug-likeness (QED) is 0.408. The maximum Gasteiger partial charge on any atom is 0.222 e. The van der Waals surface area contributed by atoms with Crippen molar-refractivity contribution in [1.29, 1.82) is 0 Å². The number of anilines is 1. The molecule has 0 amide bonds. The minimum Gasteiger partial charge on any atom is -0.507 e. The molecular formula is C24H18BrFN4O. The second kappa shape index (κ2) is 7.67. The summed E-state index contributed by atoms with van der Waals surface area (Å²) in [6, 6.07) is 21.3. The Bertz CT molecular complexity index is 1300. The first-order valence-electron chi connectivity index (χ1n) is 9.77. The van der Waals surface area contributed by atoms with Crippen LogP contribution in [0.2, 0.25) is 0 Å². The SMILES string of the molecule is Nc1nc(-c2ccc(Br)cc2)c2n1N=C(c1ccccc1O)C[C@H]2c1ccc(F)cc1.